The number of primary amides is 1. The van der Waals surface area contributed by atoms with E-state index in [1.807, 2.05) is 13.0 Å². The molecule has 3 rings (SSSR count). The van der Waals surface area contributed by atoms with Crippen molar-refractivity contribution in [3.63, 3.8) is 0 Å². The fourth-order valence-corrected chi connectivity index (χ4v) is 3.46. The number of allylic oxidation sites excluding steroid dienone is 4. The van der Waals surface area contributed by atoms with E-state index in [-0.39, 0.29) is 17.7 Å². The average Bonchev–Trinajstić information content (AvgIpc) is 2.75. The number of carbonyl (C=O) groups is 1. The largest absolute Gasteiger partial charge is 0.381 e. The Morgan fingerprint density at radius 1 is 1.30 bits per heavy atom. The first kappa shape index (κ1) is 21.8. The van der Waals surface area contributed by atoms with Gasteiger partial charge in [0.05, 0.1) is 12.2 Å². The molecule has 0 saturated carbocycles. The fraction of sp³-hybridized carbons (Fsp3) is 0.500. The Balaban J connectivity index is 1.93. The number of hydrogen-bond donors (Lipinski definition) is 4. The van der Waals surface area contributed by atoms with Crippen molar-refractivity contribution in [1.29, 1.82) is 0 Å². The molecule has 30 heavy (non-hydrogen) atoms. The molecule has 1 aromatic heterocycles. The molecule has 1 aromatic rings. The van der Waals surface area contributed by atoms with E-state index in [0.29, 0.717) is 24.6 Å². The molecule has 1 amide bonds. The van der Waals surface area contributed by atoms with Crippen LogP contribution in [0.25, 0.3) is 0 Å². The molecule has 8 heteroatoms. The first-order valence-corrected chi connectivity index (χ1v) is 10.4. The minimum atomic E-state index is -0.611. The summed E-state index contributed by atoms with van der Waals surface area (Å²) in [7, 11) is 0. The molecule has 1 fully saturated rings. The molecule has 0 bridgehead atoms. The van der Waals surface area contributed by atoms with Gasteiger partial charge in [0, 0.05) is 30.5 Å². The number of ether oxygens (including phenoxy) is 1. The Kier molecular flexibility index (Phi) is 7.44. The molecule has 1 aliphatic heterocycles. The summed E-state index contributed by atoms with van der Waals surface area (Å²) in [6.07, 6.45) is 7.31. The summed E-state index contributed by atoms with van der Waals surface area (Å²) in [5, 5.41) is 6.78. The molecule has 0 spiro atoms. The topological polar surface area (TPSA) is 128 Å². The van der Waals surface area contributed by atoms with Crippen LogP contribution in [0.4, 0.5) is 11.6 Å². The van der Waals surface area contributed by atoms with Gasteiger partial charge in [-0.2, -0.15) is 0 Å². The van der Waals surface area contributed by atoms with E-state index >= 15 is 0 Å². The number of anilines is 2. The maximum atomic E-state index is 12.1. The number of carbonyl (C=O) groups excluding carboxylic acids is 1. The smallest absolute Gasteiger partial charge is 0.271 e. The zero-order chi connectivity index (χ0) is 21.5. The molecule has 160 valence electrons. The van der Waals surface area contributed by atoms with Gasteiger partial charge in [-0.15, -0.1) is 0 Å². The van der Waals surface area contributed by atoms with E-state index in [0.717, 1.165) is 49.4 Å². The quantitative estimate of drug-likeness (QED) is 0.528. The van der Waals surface area contributed by atoms with Crippen LogP contribution >= 0.6 is 0 Å². The van der Waals surface area contributed by atoms with Crippen LogP contribution in [0.2, 0.25) is 0 Å². The van der Waals surface area contributed by atoms with Crippen LogP contribution in [0.3, 0.4) is 0 Å². The Bertz CT molecular complexity index is 906. The van der Waals surface area contributed by atoms with E-state index in [4.69, 9.17) is 21.2 Å². The van der Waals surface area contributed by atoms with E-state index in [9.17, 15) is 4.79 Å². The van der Waals surface area contributed by atoms with Gasteiger partial charge in [-0.25, -0.2) is 9.97 Å². The molecule has 1 unspecified atom stereocenters. The highest BCUT2D eigenvalue weighted by Gasteiger charge is 2.22. The third-order valence-corrected chi connectivity index (χ3v) is 5.23. The van der Waals surface area contributed by atoms with Gasteiger partial charge in [0.15, 0.2) is 17.3 Å². The van der Waals surface area contributed by atoms with Gasteiger partial charge in [0.1, 0.15) is 0 Å². The van der Waals surface area contributed by atoms with Gasteiger partial charge in [0.2, 0.25) is 0 Å². The summed E-state index contributed by atoms with van der Waals surface area (Å²) in [6.45, 7) is 5.83. The number of nitrogens with one attached hydrogen (secondary N) is 2. The number of aryl methyl sites for hydroxylation is 1. The van der Waals surface area contributed by atoms with Gasteiger partial charge >= 0.3 is 0 Å². The van der Waals surface area contributed by atoms with Gasteiger partial charge in [-0.1, -0.05) is 31.8 Å². The maximum absolute atomic E-state index is 12.1. The second-order valence-corrected chi connectivity index (χ2v) is 7.49. The third kappa shape index (κ3) is 5.38. The highest BCUT2D eigenvalue weighted by molar-refractivity contribution is 5.96. The number of amides is 1. The number of aromatic nitrogens is 2. The van der Waals surface area contributed by atoms with Gasteiger partial charge in [-0.3, -0.25) is 4.79 Å². The summed E-state index contributed by atoms with van der Waals surface area (Å²) < 4.78 is 5.44. The molecule has 1 atom stereocenters. The summed E-state index contributed by atoms with van der Waals surface area (Å²) in [6, 6.07) is 0.263. The number of nitrogens with zero attached hydrogens (tertiary/aromatic N) is 2. The lowest BCUT2D eigenvalue weighted by Gasteiger charge is -2.26. The first-order chi connectivity index (χ1) is 14.5. The molecule has 1 saturated heterocycles. The highest BCUT2D eigenvalue weighted by Crippen LogP contribution is 2.27. The Labute approximate surface area is 177 Å². The Hall–Kier alpha value is -2.89. The molecular formula is C22H30N6O2. The summed E-state index contributed by atoms with van der Waals surface area (Å²) in [5.41, 5.74) is 13.8. The monoisotopic (exact) mass is 410 g/mol. The van der Waals surface area contributed by atoms with Gasteiger partial charge < -0.3 is 26.8 Å². The zero-order valence-electron chi connectivity index (χ0n) is 17.6. The second kappa shape index (κ2) is 10.2. The van der Waals surface area contributed by atoms with Crippen LogP contribution < -0.4 is 22.1 Å². The predicted octanol–water partition coefficient (Wildman–Crippen LogP) is 1.95. The summed E-state index contributed by atoms with van der Waals surface area (Å²) in [5.74, 6) is 6.58. The van der Waals surface area contributed by atoms with E-state index < -0.39 is 5.91 Å². The van der Waals surface area contributed by atoms with Crippen molar-refractivity contribution in [3.8, 4) is 11.8 Å². The van der Waals surface area contributed by atoms with Crippen molar-refractivity contribution in [2.24, 2.45) is 17.4 Å². The van der Waals surface area contributed by atoms with Gasteiger partial charge in [-0.05, 0) is 37.7 Å². The van der Waals surface area contributed by atoms with Crippen molar-refractivity contribution < 1.29 is 9.53 Å². The highest BCUT2D eigenvalue weighted by atomic mass is 16.5. The molecule has 1 aliphatic carbocycles. The van der Waals surface area contributed by atoms with Crippen LogP contribution in [-0.4, -0.2) is 41.7 Å². The predicted molar refractivity (Wildman–Crippen MR) is 118 cm³/mol. The lowest BCUT2D eigenvalue weighted by atomic mass is 9.94. The SMILES string of the molecule is CCc1nc(C(N)=O)c(NC2=CC(C#CCN)=CCC2C)nc1NC1CCOCC1. The lowest BCUT2D eigenvalue weighted by molar-refractivity contribution is 0.0903. The number of rotatable bonds is 6. The van der Waals surface area contributed by atoms with Crippen molar-refractivity contribution in [2.75, 3.05) is 30.4 Å². The third-order valence-electron chi connectivity index (χ3n) is 5.23. The van der Waals surface area contributed by atoms with Gasteiger partial charge in [0.25, 0.3) is 5.91 Å². The van der Waals surface area contributed by atoms with Crippen molar-refractivity contribution in [3.05, 3.63) is 34.8 Å². The van der Waals surface area contributed by atoms with Crippen LogP contribution in [0.5, 0.6) is 0 Å². The molecule has 8 nitrogen and oxygen atoms in total. The maximum Gasteiger partial charge on any atom is 0.271 e. The van der Waals surface area contributed by atoms with Crippen molar-refractivity contribution in [1.82, 2.24) is 9.97 Å². The van der Waals surface area contributed by atoms with Crippen LogP contribution in [0, 0.1) is 17.8 Å². The fourth-order valence-electron chi connectivity index (χ4n) is 3.46. The minimum absolute atomic E-state index is 0.140. The minimum Gasteiger partial charge on any atom is -0.381 e. The Morgan fingerprint density at radius 3 is 2.73 bits per heavy atom. The summed E-state index contributed by atoms with van der Waals surface area (Å²) in [4.78, 5) is 21.4. The molecular weight excluding hydrogens is 380 g/mol. The van der Waals surface area contributed by atoms with E-state index in [1.165, 1.54) is 0 Å². The molecule has 2 heterocycles. The second-order valence-electron chi connectivity index (χ2n) is 7.49. The lowest BCUT2D eigenvalue weighted by Crippen LogP contribution is -2.29. The van der Waals surface area contributed by atoms with Crippen molar-refractivity contribution in [2.45, 2.75) is 45.6 Å². The normalized spacial score (nSPS) is 19.2. The Morgan fingerprint density at radius 2 is 2.07 bits per heavy atom. The molecule has 0 aromatic carbocycles. The standard InChI is InChI=1S/C22H30N6O2/c1-3-17-21(25-16-8-11-30-12-9-16)28-22(19(26-17)20(24)29)27-18-13-15(5-4-10-23)7-6-14(18)2/h7,13-14,16H,3,6,8-12,23H2,1-2H3,(H2,24,29)(H2,25,27,28). The number of hydrogen-bond acceptors (Lipinski definition) is 7. The first-order valence-electron chi connectivity index (χ1n) is 10.4. The summed E-state index contributed by atoms with van der Waals surface area (Å²) >= 11 is 0. The molecule has 2 aliphatic rings. The average molecular weight is 411 g/mol. The van der Waals surface area contributed by atoms with Crippen LogP contribution in [0.1, 0.15) is 49.3 Å². The van der Waals surface area contributed by atoms with Crippen molar-refractivity contribution >= 4 is 17.5 Å². The van der Waals surface area contributed by atoms with Crippen LogP contribution in [0.15, 0.2) is 23.4 Å². The van der Waals surface area contributed by atoms with Crippen LogP contribution in [-0.2, 0) is 11.2 Å². The zero-order valence-corrected chi connectivity index (χ0v) is 17.6. The molecule has 0 radical (unpaired) electrons. The molecule has 6 N–H and O–H groups in total. The number of nitrogens with two attached hydrogens (primary N) is 2. The van der Waals surface area contributed by atoms with E-state index in [1.54, 1.807) is 0 Å². The van der Waals surface area contributed by atoms with E-state index in [2.05, 4.69) is 40.5 Å².